The van der Waals surface area contributed by atoms with Gasteiger partial charge in [-0.1, -0.05) is 12.1 Å². The predicted octanol–water partition coefficient (Wildman–Crippen LogP) is 0.998. The van der Waals surface area contributed by atoms with Crippen LogP contribution in [0.15, 0.2) is 47.4 Å². The van der Waals surface area contributed by atoms with Gasteiger partial charge in [-0.05, 0) is 36.5 Å². The molecule has 4 rings (SSSR count). The number of piperazine rings is 1. The van der Waals surface area contributed by atoms with Crippen LogP contribution < -0.4 is 15.4 Å². The maximum Gasteiger partial charge on any atom is 0.264 e. The van der Waals surface area contributed by atoms with Gasteiger partial charge in [0.15, 0.2) is 4.77 Å². The Kier molecular flexibility index (Phi) is 5.00. The van der Waals surface area contributed by atoms with Gasteiger partial charge in [0.2, 0.25) is 0 Å². The van der Waals surface area contributed by atoms with Crippen LogP contribution in [0.1, 0.15) is 0 Å². The van der Waals surface area contributed by atoms with Crippen LogP contribution in [0.3, 0.4) is 0 Å². The second-order valence-electron chi connectivity index (χ2n) is 6.72. The minimum Gasteiger partial charge on any atom is -0.358 e. The molecule has 27 heavy (non-hydrogen) atoms. The molecule has 1 aliphatic heterocycles. The lowest BCUT2D eigenvalue weighted by molar-refractivity contribution is -0.901. The SMILES string of the molecule is O=c1c2cccnc2[nH]c(=S)n1CC[NH+]1CCN(c2ccccc2F)CC1. The van der Waals surface area contributed by atoms with E-state index >= 15 is 0 Å². The maximum atomic E-state index is 14.0. The monoisotopic (exact) mass is 386 g/mol. The number of halogens is 1. The van der Waals surface area contributed by atoms with E-state index in [1.807, 2.05) is 12.1 Å². The molecule has 1 aromatic carbocycles. The number of para-hydroxylation sites is 1. The molecule has 2 N–H and O–H groups in total. The molecule has 140 valence electrons. The Bertz CT molecular complexity index is 1070. The molecule has 0 saturated carbocycles. The summed E-state index contributed by atoms with van der Waals surface area (Å²) in [5, 5.41) is 0.547. The first-order valence-electron chi connectivity index (χ1n) is 9.04. The van der Waals surface area contributed by atoms with Gasteiger partial charge in [0.1, 0.15) is 11.5 Å². The average molecular weight is 386 g/mol. The lowest BCUT2D eigenvalue weighted by Gasteiger charge is -2.33. The summed E-state index contributed by atoms with van der Waals surface area (Å²) in [5.41, 5.74) is 1.08. The lowest BCUT2D eigenvalue weighted by atomic mass is 10.2. The fourth-order valence-corrected chi connectivity index (χ4v) is 3.85. The van der Waals surface area contributed by atoms with Crippen molar-refractivity contribution in [2.24, 2.45) is 0 Å². The molecule has 1 fully saturated rings. The number of quaternary nitrogens is 1. The molecule has 0 aliphatic carbocycles. The summed E-state index contributed by atoms with van der Waals surface area (Å²) >= 11 is 5.34. The van der Waals surface area contributed by atoms with Crippen LogP contribution in [0.5, 0.6) is 0 Å². The Morgan fingerprint density at radius 2 is 1.96 bits per heavy atom. The Hall–Kier alpha value is -2.58. The number of fused-ring (bicyclic) bond motifs is 1. The normalized spacial score (nSPS) is 15.4. The van der Waals surface area contributed by atoms with Crippen molar-refractivity contribution >= 4 is 28.9 Å². The molecule has 3 heterocycles. The predicted molar refractivity (Wildman–Crippen MR) is 105 cm³/mol. The van der Waals surface area contributed by atoms with Crippen molar-refractivity contribution in [3.05, 3.63) is 63.5 Å². The smallest absolute Gasteiger partial charge is 0.264 e. The van der Waals surface area contributed by atoms with Crippen molar-refractivity contribution < 1.29 is 9.29 Å². The molecular formula is C19H21FN5OS+. The van der Waals surface area contributed by atoms with E-state index in [0.717, 1.165) is 32.7 Å². The average Bonchev–Trinajstić information content (AvgIpc) is 2.69. The number of pyridine rings is 1. The fraction of sp³-hybridized carbons (Fsp3) is 0.316. The quantitative estimate of drug-likeness (QED) is 0.657. The van der Waals surface area contributed by atoms with Crippen molar-refractivity contribution in [1.82, 2.24) is 14.5 Å². The van der Waals surface area contributed by atoms with Crippen LogP contribution in [-0.4, -0.2) is 47.3 Å². The van der Waals surface area contributed by atoms with Gasteiger partial charge in [0.25, 0.3) is 5.56 Å². The second-order valence-corrected chi connectivity index (χ2v) is 7.11. The largest absolute Gasteiger partial charge is 0.358 e. The molecule has 2 aromatic heterocycles. The van der Waals surface area contributed by atoms with E-state index in [2.05, 4.69) is 14.9 Å². The van der Waals surface area contributed by atoms with E-state index < -0.39 is 0 Å². The van der Waals surface area contributed by atoms with Gasteiger partial charge >= 0.3 is 0 Å². The minimum absolute atomic E-state index is 0.105. The van der Waals surface area contributed by atoms with Gasteiger partial charge in [-0.25, -0.2) is 9.37 Å². The van der Waals surface area contributed by atoms with E-state index in [9.17, 15) is 9.18 Å². The van der Waals surface area contributed by atoms with Crippen molar-refractivity contribution in [3.63, 3.8) is 0 Å². The highest BCUT2D eigenvalue weighted by molar-refractivity contribution is 7.71. The summed E-state index contributed by atoms with van der Waals surface area (Å²) in [4.78, 5) is 23.3. The number of hydrogen-bond acceptors (Lipinski definition) is 4. The first kappa shape index (κ1) is 17.8. The van der Waals surface area contributed by atoms with E-state index in [0.29, 0.717) is 28.0 Å². The van der Waals surface area contributed by atoms with Gasteiger partial charge in [-0.15, -0.1) is 0 Å². The zero-order valence-corrected chi connectivity index (χ0v) is 15.6. The summed E-state index contributed by atoms with van der Waals surface area (Å²) in [7, 11) is 0. The van der Waals surface area contributed by atoms with Crippen LogP contribution in [0.4, 0.5) is 10.1 Å². The molecule has 1 saturated heterocycles. The molecular weight excluding hydrogens is 365 g/mol. The van der Waals surface area contributed by atoms with Gasteiger partial charge < -0.3 is 14.8 Å². The first-order chi connectivity index (χ1) is 13.1. The van der Waals surface area contributed by atoms with Crippen LogP contribution in [0.25, 0.3) is 11.0 Å². The summed E-state index contributed by atoms with van der Waals surface area (Å²) in [6.07, 6.45) is 1.64. The van der Waals surface area contributed by atoms with Crippen LogP contribution in [0.2, 0.25) is 0 Å². The Balaban J connectivity index is 1.42. The highest BCUT2D eigenvalue weighted by atomic mass is 32.1. The lowest BCUT2D eigenvalue weighted by Crippen LogP contribution is -3.15. The fourth-order valence-electron chi connectivity index (χ4n) is 3.58. The van der Waals surface area contributed by atoms with Gasteiger partial charge in [0.05, 0.1) is 50.3 Å². The second kappa shape index (κ2) is 7.58. The summed E-state index contributed by atoms with van der Waals surface area (Å²) in [6.45, 7) is 4.73. The van der Waals surface area contributed by atoms with E-state index in [-0.39, 0.29) is 11.4 Å². The molecule has 1 aliphatic rings. The zero-order valence-electron chi connectivity index (χ0n) is 14.8. The van der Waals surface area contributed by atoms with Gasteiger partial charge in [-0.2, -0.15) is 0 Å². The third-order valence-electron chi connectivity index (χ3n) is 5.11. The van der Waals surface area contributed by atoms with E-state index in [1.54, 1.807) is 29.0 Å². The molecule has 3 aromatic rings. The van der Waals surface area contributed by atoms with Crippen molar-refractivity contribution in [1.29, 1.82) is 0 Å². The summed E-state index contributed by atoms with van der Waals surface area (Å²) in [6, 6.07) is 10.4. The number of rotatable bonds is 4. The van der Waals surface area contributed by atoms with Crippen molar-refractivity contribution in [3.8, 4) is 0 Å². The van der Waals surface area contributed by atoms with Crippen LogP contribution in [0, 0.1) is 10.6 Å². The number of hydrogen-bond donors (Lipinski definition) is 2. The first-order valence-corrected chi connectivity index (χ1v) is 9.45. The van der Waals surface area contributed by atoms with Gasteiger partial charge in [0, 0.05) is 6.20 Å². The molecule has 0 unspecified atom stereocenters. The zero-order chi connectivity index (χ0) is 18.8. The van der Waals surface area contributed by atoms with Crippen LogP contribution >= 0.6 is 12.2 Å². The number of nitrogens with one attached hydrogen (secondary N) is 2. The standard InChI is InChI=1S/C19H20FN5OS/c20-15-5-1-2-6-16(15)24-11-8-23(9-12-24)10-13-25-18(26)14-4-3-7-21-17(14)22-19(25)27/h1-7H,8-13H2,(H,21,22,27)/p+1. The molecule has 0 bridgehead atoms. The Morgan fingerprint density at radius 1 is 1.19 bits per heavy atom. The number of anilines is 1. The number of benzene rings is 1. The van der Waals surface area contributed by atoms with Gasteiger partial charge in [-0.3, -0.25) is 9.36 Å². The summed E-state index contributed by atoms with van der Waals surface area (Å²) < 4.78 is 16.0. The molecule has 8 heteroatoms. The molecule has 0 amide bonds. The molecule has 0 spiro atoms. The van der Waals surface area contributed by atoms with E-state index in [1.165, 1.54) is 11.0 Å². The van der Waals surface area contributed by atoms with Crippen molar-refractivity contribution in [2.75, 3.05) is 37.6 Å². The number of aromatic amines is 1. The summed E-state index contributed by atoms with van der Waals surface area (Å²) in [5.74, 6) is -0.177. The molecule has 0 atom stereocenters. The molecule has 6 nitrogen and oxygen atoms in total. The minimum atomic E-state index is -0.177. The number of H-pyrrole nitrogens is 1. The maximum absolute atomic E-state index is 14.0. The molecule has 0 radical (unpaired) electrons. The Labute approximate surface area is 160 Å². The van der Waals surface area contributed by atoms with E-state index in [4.69, 9.17) is 12.2 Å². The van der Waals surface area contributed by atoms with Crippen LogP contribution in [-0.2, 0) is 6.54 Å². The number of aromatic nitrogens is 3. The topological polar surface area (TPSA) is 58.4 Å². The van der Waals surface area contributed by atoms with Crippen molar-refractivity contribution in [2.45, 2.75) is 6.54 Å². The Morgan fingerprint density at radius 3 is 2.74 bits per heavy atom. The number of nitrogens with zero attached hydrogens (tertiary/aromatic N) is 3. The highest BCUT2D eigenvalue weighted by Crippen LogP contribution is 2.18. The highest BCUT2D eigenvalue weighted by Gasteiger charge is 2.22. The third kappa shape index (κ3) is 3.63. The third-order valence-corrected chi connectivity index (χ3v) is 5.43.